The van der Waals surface area contributed by atoms with E-state index in [9.17, 15) is 4.79 Å². The predicted octanol–water partition coefficient (Wildman–Crippen LogP) is 4.13. The second kappa shape index (κ2) is 6.31. The first-order valence-corrected chi connectivity index (χ1v) is 8.80. The molecular weight excluding hydrogens is 301 g/mol. The van der Waals surface area contributed by atoms with E-state index in [0.29, 0.717) is 0 Å². The number of ether oxygens (including phenoxy) is 1. The van der Waals surface area contributed by atoms with Gasteiger partial charge in [0.15, 0.2) is 5.03 Å². The molecule has 0 saturated heterocycles. The molecule has 0 saturated carbocycles. The highest BCUT2D eigenvalue weighted by atomic mass is 35.9. The summed E-state index contributed by atoms with van der Waals surface area (Å²) in [6.07, 6.45) is -0.269. The Hall–Kier alpha value is 0.530. The predicted molar refractivity (Wildman–Crippen MR) is 66.9 cm³/mol. The number of allylic oxidation sites excluding steroid dienone is 1. The van der Waals surface area contributed by atoms with Gasteiger partial charge in [0.1, 0.15) is 5.76 Å². The molecule has 0 aliphatic carbocycles. The van der Waals surface area contributed by atoms with Crippen molar-refractivity contribution >= 4 is 56.8 Å². The van der Waals surface area contributed by atoms with E-state index in [2.05, 4.69) is 11.8 Å². The number of rotatable bonds is 4. The Morgan fingerprint density at radius 1 is 1.40 bits per heavy atom. The maximum atomic E-state index is 11.3. The second-order valence-corrected chi connectivity index (χ2v) is 10.3. The zero-order chi connectivity index (χ0) is 12.2. The normalized spacial score (nSPS) is 13.5. The van der Waals surface area contributed by atoms with Crippen LogP contribution in [0.15, 0.2) is 10.8 Å². The van der Waals surface area contributed by atoms with Crippen molar-refractivity contribution in [2.24, 2.45) is 0 Å². The van der Waals surface area contributed by atoms with E-state index < -0.39 is 10.9 Å². The molecular formula is C7H10Cl3O3PS. The second-order valence-electron chi connectivity index (χ2n) is 2.83. The van der Waals surface area contributed by atoms with Crippen molar-refractivity contribution in [3.05, 3.63) is 10.8 Å². The maximum absolute atomic E-state index is 11.3. The first kappa shape index (κ1) is 15.5. The molecule has 8 heteroatoms. The van der Waals surface area contributed by atoms with E-state index in [1.807, 2.05) is 0 Å². The van der Waals surface area contributed by atoms with Crippen LogP contribution in [0.4, 0.5) is 0 Å². The monoisotopic (exact) mass is 310 g/mol. The van der Waals surface area contributed by atoms with Gasteiger partial charge in [-0.25, -0.2) is 4.79 Å². The lowest BCUT2D eigenvalue weighted by molar-refractivity contribution is -0.141. The van der Waals surface area contributed by atoms with Crippen molar-refractivity contribution in [1.29, 1.82) is 0 Å². The summed E-state index contributed by atoms with van der Waals surface area (Å²) >= 11 is 21.3. The van der Waals surface area contributed by atoms with E-state index >= 15 is 0 Å². The van der Waals surface area contributed by atoms with Crippen LogP contribution in [0.3, 0.4) is 0 Å². The van der Waals surface area contributed by atoms with Gasteiger partial charge >= 0.3 is 5.97 Å². The summed E-state index contributed by atoms with van der Waals surface area (Å²) in [5.74, 6) is -0.628. The van der Waals surface area contributed by atoms with E-state index in [0.717, 1.165) is 0 Å². The van der Waals surface area contributed by atoms with Crippen LogP contribution in [-0.4, -0.2) is 12.1 Å². The van der Waals surface area contributed by atoms with Crippen LogP contribution in [0.2, 0.25) is 0 Å². The molecule has 0 aliphatic rings. The molecule has 0 amide bonds. The summed E-state index contributed by atoms with van der Waals surface area (Å²) < 4.78 is 9.74. The smallest absolute Gasteiger partial charge is 0.353 e. The zero-order valence-electron chi connectivity index (χ0n) is 8.29. The van der Waals surface area contributed by atoms with Crippen molar-refractivity contribution < 1.29 is 14.1 Å². The summed E-state index contributed by atoms with van der Waals surface area (Å²) in [7, 11) is 0. The SMILES string of the molecule is C/C(OP(=S)(Cl)Cl)=C(/Cl)C(=O)OC(C)C. The average Bonchev–Trinajstić information content (AvgIpc) is 1.98. The number of hydrogen-bond acceptors (Lipinski definition) is 4. The molecule has 0 rings (SSSR count). The van der Waals surface area contributed by atoms with Gasteiger partial charge in [-0.05, 0) is 55.1 Å². The molecule has 0 heterocycles. The first-order chi connectivity index (χ1) is 6.63. The third-order valence-electron chi connectivity index (χ3n) is 1.07. The number of carbonyl (C=O) groups excluding carboxylic acids is 1. The summed E-state index contributed by atoms with van der Waals surface area (Å²) in [5.41, 5.74) is 0. The van der Waals surface area contributed by atoms with Crippen LogP contribution in [-0.2, 0) is 25.9 Å². The Kier molecular flexibility index (Phi) is 6.53. The fourth-order valence-corrected chi connectivity index (χ4v) is 2.11. The average molecular weight is 312 g/mol. The van der Waals surface area contributed by atoms with Crippen molar-refractivity contribution in [3.63, 3.8) is 0 Å². The summed E-state index contributed by atoms with van der Waals surface area (Å²) in [4.78, 5) is 8.36. The minimum absolute atomic E-state index is 0.0654. The molecule has 0 aliphatic heterocycles. The standard InChI is InChI=1S/C7H10Cl3O3PS/c1-4(2)12-7(11)6(8)5(3)13-14(9,10)15/h4H,1-3H3/b6-5-. The highest BCUT2D eigenvalue weighted by Gasteiger charge is 2.18. The Balaban J connectivity index is 4.64. The molecule has 88 valence electrons. The number of esters is 1. The van der Waals surface area contributed by atoms with Gasteiger partial charge in [-0.2, -0.15) is 0 Å². The lowest BCUT2D eigenvalue weighted by Crippen LogP contribution is -2.12. The fraction of sp³-hybridized carbons (Fsp3) is 0.571. The van der Waals surface area contributed by atoms with Crippen molar-refractivity contribution in [3.8, 4) is 0 Å². The van der Waals surface area contributed by atoms with Crippen LogP contribution in [0.5, 0.6) is 0 Å². The van der Waals surface area contributed by atoms with E-state index in [-0.39, 0.29) is 16.9 Å². The van der Waals surface area contributed by atoms with Crippen LogP contribution >= 0.6 is 39.1 Å². The summed E-state index contributed by atoms with van der Waals surface area (Å²) in [6, 6.07) is 0. The van der Waals surface area contributed by atoms with Crippen LogP contribution < -0.4 is 0 Å². The quantitative estimate of drug-likeness (QED) is 0.338. The summed E-state index contributed by atoms with van der Waals surface area (Å²) in [6.45, 7) is 4.84. The summed E-state index contributed by atoms with van der Waals surface area (Å²) in [5, 5.41) is -0.209. The molecule has 0 fully saturated rings. The number of hydrogen-bond donors (Lipinski definition) is 0. The molecule has 0 N–H and O–H groups in total. The van der Waals surface area contributed by atoms with Gasteiger partial charge in [-0.1, -0.05) is 11.6 Å². The molecule has 0 bridgehead atoms. The first-order valence-electron chi connectivity index (χ1n) is 3.89. The van der Waals surface area contributed by atoms with E-state index in [1.165, 1.54) is 6.92 Å². The van der Waals surface area contributed by atoms with E-state index in [4.69, 9.17) is 43.3 Å². The molecule has 0 aromatic rings. The topological polar surface area (TPSA) is 35.5 Å². The third-order valence-corrected chi connectivity index (χ3v) is 2.62. The molecule has 0 aromatic heterocycles. The highest BCUT2D eigenvalue weighted by Crippen LogP contribution is 2.59. The van der Waals surface area contributed by atoms with Gasteiger partial charge in [0.2, 0.25) is 0 Å². The van der Waals surface area contributed by atoms with Crippen LogP contribution in [0.25, 0.3) is 0 Å². The molecule has 0 aromatic carbocycles. The van der Waals surface area contributed by atoms with Crippen molar-refractivity contribution in [1.82, 2.24) is 0 Å². The van der Waals surface area contributed by atoms with Gasteiger partial charge in [0.25, 0.3) is 4.97 Å². The molecule has 0 unspecified atom stereocenters. The number of halogens is 3. The van der Waals surface area contributed by atoms with Gasteiger partial charge in [0, 0.05) is 0 Å². The van der Waals surface area contributed by atoms with Crippen molar-refractivity contribution in [2.45, 2.75) is 26.9 Å². The minimum atomic E-state index is -2.92. The highest BCUT2D eigenvalue weighted by molar-refractivity contribution is 8.36. The molecule has 3 nitrogen and oxygen atoms in total. The number of carbonyl (C=O) groups is 1. The lowest BCUT2D eigenvalue weighted by atomic mass is 10.4. The van der Waals surface area contributed by atoms with Crippen molar-refractivity contribution in [2.75, 3.05) is 0 Å². The Bertz CT molecular complexity index is 323. The Labute approximate surface area is 108 Å². The molecule has 15 heavy (non-hydrogen) atoms. The Morgan fingerprint density at radius 3 is 2.20 bits per heavy atom. The van der Waals surface area contributed by atoms with E-state index in [1.54, 1.807) is 13.8 Å². The molecule has 0 spiro atoms. The van der Waals surface area contributed by atoms with Gasteiger partial charge in [0.05, 0.1) is 6.10 Å². The molecule has 0 atom stereocenters. The Morgan fingerprint density at radius 2 is 1.87 bits per heavy atom. The minimum Gasteiger partial charge on any atom is -0.459 e. The fourth-order valence-electron chi connectivity index (χ4n) is 0.609. The lowest BCUT2D eigenvalue weighted by Gasteiger charge is -2.12. The largest absolute Gasteiger partial charge is 0.459 e. The third kappa shape index (κ3) is 7.42. The van der Waals surface area contributed by atoms with Gasteiger partial charge in [-0.3, -0.25) is 0 Å². The van der Waals surface area contributed by atoms with Crippen LogP contribution in [0, 0.1) is 0 Å². The molecule has 0 radical (unpaired) electrons. The maximum Gasteiger partial charge on any atom is 0.353 e. The van der Waals surface area contributed by atoms with Gasteiger partial charge in [-0.15, -0.1) is 0 Å². The zero-order valence-corrected chi connectivity index (χ0v) is 12.3. The van der Waals surface area contributed by atoms with Crippen LogP contribution in [0.1, 0.15) is 20.8 Å². The van der Waals surface area contributed by atoms with Gasteiger partial charge < -0.3 is 9.26 Å².